The third kappa shape index (κ3) is 7.46. The molecule has 0 spiro atoms. The van der Waals surface area contributed by atoms with Gasteiger partial charge in [0.25, 0.3) is 11.8 Å². The summed E-state index contributed by atoms with van der Waals surface area (Å²) in [6.45, 7) is 6.56. The number of hydrogen-bond donors (Lipinski definition) is 2. The third-order valence-corrected chi connectivity index (χ3v) is 6.58. The van der Waals surface area contributed by atoms with Gasteiger partial charge in [-0.05, 0) is 87.9 Å². The Hall–Kier alpha value is -3.06. The number of hydrogen-bond acceptors (Lipinski definition) is 5. The second kappa shape index (κ2) is 12.6. The zero-order valence-electron chi connectivity index (χ0n) is 20.5. The lowest BCUT2D eigenvalue weighted by molar-refractivity contribution is -0.149. The van der Waals surface area contributed by atoms with E-state index in [-0.39, 0.29) is 29.8 Å². The predicted octanol–water partition coefficient (Wildman–Crippen LogP) is 4.62. The molecule has 0 bridgehead atoms. The minimum Gasteiger partial charge on any atom is -0.490 e. The van der Waals surface area contributed by atoms with Crippen LogP contribution in [0.4, 0.5) is 0 Å². The molecule has 0 radical (unpaired) electrons. The Bertz CT molecular complexity index is 1060. The number of esters is 1. The van der Waals surface area contributed by atoms with Crippen LogP contribution in [-0.2, 0) is 9.53 Å². The topological polar surface area (TPSA) is 93.7 Å². The van der Waals surface area contributed by atoms with Crippen LogP contribution in [0.2, 0.25) is 5.02 Å². The number of aryl methyl sites for hydroxylation is 2. The van der Waals surface area contributed by atoms with Crippen molar-refractivity contribution in [3.05, 3.63) is 63.7 Å². The molecule has 3 rings (SSSR count). The van der Waals surface area contributed by atoms with Crippen LogP contribution in [-0.4, -0.2) is 43.6 Å². The summed E-state index contributed by atoms with van der Waals surface area (Å²) >= 11 is 6.07. The van der Waals surface area contributed by atoms with E-state index in [2.05, 4.69) is 10.6 Å². The van der Waals surface area contributed by atoms with Gasteiger partial charge in [0.05, 0.1) is 18.6 Å². The highest BCUT2D eigenvalue weighted by atomic mass is 35.5. The van der Waals surface area contributed by atoms with E-state index in [0.29, 0.717) is 41.6 Å². The van der Waals surface area contributed by atoms with Gasteiger partial charge in [-0.1, -0.05) is 17.7 Å². The molecule has 0 heterocycles. The van der Waals surface area contributed by atoms with Crippen LogP contribution in [0.5, 0.6) is 5.75 Å². The third-order valence-electron chi connectivity index (χ3n) is 6.17. The van der Waals surface area contributed by atoms with Crippen molar-refractivity contribution in [2.45, 2.75) is 52.6 Å². The Morgan fingerprint density at radius 1 is 0.914 bits per heavy atom. The molecule has 0 unspecified atom stereocenters. The summed E-state index contributed by atoms with van der Waals surface area (Å²) in [5, 5.41) is 6.15. The summed E-state index contributed by atoms with van der Waals surface area (Å²) in [6, 6.07) is 10.5. The Labute approximate surface area is 211 Å². The zero-order valence-corrected chi connectivity index (χ0v) is 21.2. The SMILES string of the molecule is CCOC(=O)[C@H]1CC[C@@H](Oc2ccc(C(=O)NCCNC(=O)c3ccc(C)c(Cl)c3)c(C)c2)CC1. The number of ether oxygens (including phenoxy) is 2. The fourth-order valence-corrected chi connectivity index (χ4v) is 4.30. The first-order valence-electron chi connectivity index (χ1n) is 12.0. The summed E-state index contributed by atoms with van der Waals surface area (Å²) in [4.78, 5) is 36.7. The van der Waals surface area contributed by atoms with Crippen LogP contribution in [0, 0.1) is 19.8 Å². The number of halogens is 1. The standard InChI is InChI=1S/C27H33ClN2O5/c1-4-34-27(33)19-7-9-21(10-8-19)35-22-11-12-23(18(3)15-22)26(32)30-14-13-29-25(31)20-6-5-17(2)24(28)16-20/h5-6,11-12,15-16,19,21H,4,7-10,13-14H2,1-3H3,(H,29,31)(H,30,32)/t19-,21+. The van der Waals surface area contributed by atoms with Crippen LogP contribution in [0.3, 0.4) is 0 Å². The van der Waals surface area contributed by atoms with Crippen molar-refractivity contribution in [2.24, 2.45) is 5.92 Å². The van der Waals surface area contributed by atoms with Crippen LogP contribution in [0.15, 0.2) is 36.4 Å². The highest BCUT2D eigenvalue weighted by Gasteiger charge is 2.28. The molecular formula is C27H33ClN2O5. The average molecular weight is 501 g/mol. The van der Waals surface area contributed by atoms with Crippen molar-refractivity contribution in [1.29, 1.82) is 0 Å². The molecule has 1 aliphatic rings. The van der Waals surface area contributed by atoms with E-state index < -0.39 is 0 Å². The van der Waals surface area contributed by atoms with E-state index in [0.717, 1.165) is 36.8 Å². The van der Waals surface area contributed by atoms with Crippen LogP contribution >= 0.6 is 11.6 Å². The lowest BCUT2D eigenvalue weighted by Crippen LogP contribution is -2.35. The summed E-state index contributed by atoms with van der Waals surface area (Å²) in [7, 11) is 0. The molecule has 1 aliphatic carbocycles. The van der Waals surface area contributed by atoms with E-state index in [1.165, 1.54) is 0 Å². The highest BCUT2D eigenvalue weighted by Crippen LogP contribution is 2.29. The van der Waals surface area contributed by atoms with Crippen LogP contribution in [0.1, 0.15) is 64.4 Å². The Morgan fingerprint density at radius 3 is 2.23 bits per heavy atom. The average Bonchev–Trinajstić information content (AvgIpc) is 2.84. The molecule has 8 heteroatoms. The fourth-order valence-electron chi connectivity index (χ4n) is 4.12. The van der Waals surface area contributed by atoms with Gasteiger partial charge in [0.15, 0.2) is 0 Å². The maximum absolute atomic E-state index is 12.6. The smallest absolute Gasteiger partial charge is 0.308 e. The number of carbonyl (C=O) groups excluding carboxylic acids is 3. The normalized spacial score (nSPS) is 17.4. The van der Waals surface area contributed by atoms with E-state index in [9.17, 15) is 14.4 Å². The summed E-state index contributed by atoms with van der Waals surface area (Å²) in [5.41, 5.74) is 2.75. The van der Waals surface area contributed by atoms with Crippen molar-refractivity contribution in [2.75, 3.05) is 19.7 Å². The molecule has 2 aromatic carbocycles. The van der Waals surface area contributed by atoms with Gasteiger partial charge >= 0.3 is 5.97 Å². The molecule has 0 atom stereocenters. The Morgan fingerprint density at radius 2 is 1.60 bits per heavy atom. The molecule has 1 fully saturated rings. The largest absolute Gasteiger partial charge is 0.490 e. The molecule has 2 aromatic rings. The van der Waals surface area contributed by atoms with Crippen molar-refractivity contribution in [3.63, 3.8) is 0 Å². The van der Waals surface area contributed by atoms with Crippen molar-refractivity contribution in [1.82, 2.24) is 10.6 Å². The van der Waals surface area contributed by atoms with Gasteiger partial charge in [0, 0.05) is 29.2 Å². The summed E-state index contributed by atoms with van der Waals surface area (Å²) in [5.74, 6) is 0.104. The second-order valence-electron chi connectivity index (χ2n) is 8.80. The number of carbonyl (C=O) groups is 3. The molecule has 0 aliphatic heterocycles. The molecule has 35 heavy (non-hydrogen) atoms. The molecule has 0 saturated heterocycles. The molecule has 7 nitrogen and oxygen atoms in total. The quantitative estimate of drug-likeness (QED) is 0.387. The van der Waals surface area contributed by atoms with Gasteiger partial charge in [-0.25, -0.2) is 0 Å². The highest BCUT2D eigenvalue weighted by molar-refractivity contribution is 6.31. The molecule has 0 aromatic heterocycles. The molecule has 2 amide bonds. The lowest BCUT2D eigenvalue weighted by Gasteiger charge is -2.28. The van der Waals surface area contributed by atoms with Gasteiger partial charge in [-0.3, -0.25) is 14.4 Å². The lowest BCUT2D eigenvalue weighted by atomic mass is 9.87. The number of nitrogens with one attached hydrogen (secondary N) is 2. The van der Waals surface area contributed by atoms with E-state index in [1.807, 2.05) is 26.8 Å². The number of rotatable bonds is 9. The van der Waals surface area contributed by atoms with E-state index in [1.54, 1.807) is 30.3 Å². The van der Waals surface area contributed by atoms with Crippen molar-refractivity contribution in [3.8, 4) is 5.75 Å². The first kappa shape index (κ1) is 26.5. The number of benzene rings is 2. The van der Waals surface area contributed by atoms with E-state index >= 15 is 0 Å². The molecular weight excluding hydrogens is 468 g/mol. The maximum Gasteiger partial charge on any atom is 0.308 e. The van der Waals surface area contributed by atoms with Crippen LogP contribution < -0.4 is 15.4 Å². The van der Waals surface area contributed by atoms with Gasteiger partial charge in [0.2, 0.25) is 0 Å². The van der Waals surface area contributed by atoms with Crippen LogP contribution in [0.25, 0.3) is 0 Å². The summed E-state index contributed by atoms with van der Waals surface area (Å²) in [6.07, 6.45) is 3.16. The Balaban J connectivity index is 1.43. The minimum atomic E-state index is -0.241. The second-order valence-corrected chi connectivity index (χ2v) is 9.20. The van der Waals surface area contributed by atoms with Gasteiger partial charge in [0.1, 0.15) is 5.75 Å². The maximum atomic E-state index is 12.6. The molecule has 2 N–H and O–H groups in total. The van der Waals surface area contributed by atoms with Crippen molar-refractivity contribution >= 4 is 29.4 Å². The number of amides is 2. The monoisotopic (exact) mass is 500 g/mol. The first-order chi connectivity index (χ1) is 16.8. The molecule has 188 valence electrons. The fraction of sp³-hybridized carbons (Fsp3) is 0.444. The minimum absolute atomic E-state index is 0.0397. The Kier molecular flexibility index (Phi) is 9.55. The summed E-state index contributed by atoms with van der Waals surface area (Å²) < 4.78 is 11.2. The van der Waals surface area contributed by atoms with E-state index in [4.69, 9.17) is 21.1 Å². The first-order valence-corrected chi connectivity index (χ1v) is 12.4. The predicted molar refractivity (Wildman–Crippen MR) is 135 cm³/mol. The zero-order chi connectivity index (χ0) is 25.4. The van der Waals surface area contributed by atoms with Gasteiger partial charge in [-0.15, -0.1) is 0 Å². The van der Waals surface area contributed by atoms with Gasteiger partial charge < -0.3 is 20.1 Å². The molecule has 1 saturated carbocycles. The van der Waals surface area contributed by atoms with Crippen molar-refractivity contribution < 1.29 is 23.9 Å². The van der Waals surface area contributed by atoms with Gasteiger partial charge in [-0.2, -0.15) is 0 Å².